The number of pyridine rings is 1. The van der Waals surface area contributed by atoms with Crippen molar-refractivity contribution in [2.75, 3.05) is 13.1 Å². The largest absolute Gasteiger partial charge is 0.328 e. The minimum atomic E-state index is -3.50. The third kappa shape index (κ3) is 3.03. The molecule has 0 aliphatic carbocycles. The number of hydrogen-bond donors (Lipinski definition) is 1. The quantitative estimate of drug-likeness (QED) is 0.912. The number of benzene rings is 1. The van der Waals surface area contributed by atoms with Crippen molar-refractivity contribution in [2.24, 2.45) is 5.73 Å². The van der Waals surface area contributed by atoms with Crippen LogP contribution in [0.5, 0.6) is 0 Å². The third-order valence-corrected chi connectivity index (χ3v) is 5.64. The molecule has 5 nitrogen and oxygen atoms in total. The summed E-state index contributed by atoms with van der Waals surface area (Å²) in [5, 5.41) is 0.835. The highest BCUT2D eigenvalue weighted by atomic mass is 35.5. The Bertz CT molecular complexity index is 723. The van der Waals surface area contributed by atoms with Crippen LogP contribution in [0.4, 0.5) is 0 Å². The van der Waals surface area contributed by atoms with Crippen molar-refractivity contribution in [3.8, 4) is 0 Å². The van der Waals surface area contributed by atoms with E-state index in [1.807, 2.05) is 12.1 Å². The molecule has 1 fully saturated rings. The van der Waals surface area contributed by atoms with Gasteiger partial charge < -0.3 is 5.73 Å². The topological polar surface area (TPSA) is 76.3 Å². The Hall–Kier alpha value is -1.21. The summed E-state index contributed by atoms with van der Waals surface area (Å²) >= 11 is 0. The molecule has 0 saturated carbocycles. The number of fused-ring (bicyclic) bond motifs is 1. The van der Waals surface area contributed by atoms with E-state index in [1.165, 1.54) is 4.31 Å². The highest BCUT2D eigenvalue weighted by molar-refractivity contribution is 7.89. The van der Waals surface area contributed by atoms with Gasteiger partial charge in [-0.3, -0.25) is 4.98 Å². The molecule has 0 spiro atoms. The van der Waals surface area contributed by atoms with Gasteiger partial charge in [-0.2, -0.15) is 4.31 Å². The predicted octanol–water partition coefficient (Wildman–Crippen LogP) is 1.77. The molecule has 0 atom stereocenters. The van der Waals surface area contributed by atoms with Crippen LogP contribution in [0.25, 0.3) is 10.9 Å². The SMILES string of the molecule is Cl.NC1CCN(S(=O)(=O)c2cccc3cccnc23)CC1. The van der Waals surface area contributed by atoms with Crippen LogP contribution in [-0.4, -0.2) is 36.8 Å². The van der Waals surface area contributed by atoms with Gasteiger partial charge in [0, 0.05) is 30.7 Å². The van der Waals surface area contributed by atoms with Crippen molar-refractivity contribution >= 4 is 33.3 Å². The van der Waals surface area contributed by atoms with Crippen LogP contribution in [0.3, 0.4) is 0 Å². The molecule has 1 aliphatic rings. The van der Waals surface area contributed by atoms with Gasteiger partial charge in [0.1, 0.15) is 4.90 Å². The van der Waals surface area contributed by atoms with Gasteiger partial charge in [-0.05, 0) is 25.0 Å². The molecule has 0 bridgehead atoms. The van der Waals surface area contributed by atoms with E-state index in [4.69, 9.17) is 5.73 Å². The predicted molar refractivity (Wildman–Crippen MR) is 85.0 cm³/mol. The van der Waals surface area contributed by atoms with Crippen molar-refractivity contribution in [1.29, 1.82) is 0 Å². The summed E-state index contributed by atoms with van der Waals surface area (Å²) in [5.74, 6) is 0. The van der Waals surface area contributed by atoms with E-state index in [9.17, 15) is 8.42 Å². The number of piperidine rings is 1. The number of halogens is 1. The van der Waals surface area contributed by atoms with Crippen molar-refractivity contribution in [1.82, 2.24) is 9.29 Å². The Morgan fingerprint density at radius 3 is 2.52 bits per heavy atom. The summed E-state index contributed by atoms with van der Waals surface area (Å²) in [7, 11) is -3.50. The van der Waals surface area contributed by atoms with E-state index in [2.05, 4.69) is 4.98 Å². The lowest BCUT2D eigenvalue weighted by atomic mass is 10.1. The van der Waals surface area contributed by atoms with Gasteiger partial charge >= 0.3 is 0 Å². The fraction of sp³-hybridized carbons (Fsp3) is 0.357. The van der Waals surface area contributed by atoms with Crippen molar-refractivity contribution in [2.45, 2.75) is 23.8 Å². The van der Waals surface area contributed by atoms with Gasteiger partial charge in [-0.1, -0.05) is 18.2 Å². The van der Waals surface area contributed by atoms with Crippen LogP contribution in [-0.2, 0) is 10.0 Å². The third-order valence-electron chi connectivity index (χ3n) is 3.71. The van der Waals surface area contributed by atoms with E-state index >= 15 is 0 Å². The Balaban J connectivity index is 0.00000161. The van der Waals surface area contributed by atoms with Crippen LogP contribution < -0.4 is 5.73 Å². The number of rotatable bonds is 2. The zero-order valence-corrected chi connectivity index (χ0v) is 13.1. The maximum absolute atomic E-state index is 12.8. The minimum absolute atomic E-state index is 0. The van der Waals surface area contributed by atoms with Crippen LogP contribution in [0.2, 0.25) is 0 Å². The lowest BCUT2D eigenvalue weighted by molar-refractivity contribution is 0.320. The zero-order chi connectivity index (χ0) is 14.2. The van der Waals surface area contributed by atoms with Crippen LogP contribution in [0.15, 0.2) is 41.4 Å². The summed E-state index contributed by atoms with van der Waals surface area (Å²) in [6.07, 6.45) is 3.03. The van der Waals surface area contributed by atoms with Crippen molar-refractivity contribution < 1.29 is 8.42 Å². The fourth-order valence-corrected chi connectivity index (χ4v) is 4.17. The van der Waals surface area contributed by atoms with Gasteiger partial charge in [0.15, 0.2) is 0 Å². The second kappa shape index (κ2) is 6.27. The van der Waals surface area contributed by atoms with Gasteiger partial charge in [0.2, 0.25) is 10.0 Å². The smallest absolute Gasteiger partial charge is 0.245 e. The average molecular weight is 328 g/mol. The van der Waals surface area contributed by atoms with Crippen LogP contribution in [0, 0.1) is 0 Å². The van der Waals surface area contributed by atoms with Crippen LogP contribution in [0.1, 0.15) is 12.8 Å². The van der Waals surface area contributed by atoms with Crippen molar-refractivity contribution in [3.63, 3.8) is 0 Å². The van der Waals surface area contributed by atoms with Gasteiger partial charge in [-0.15, -0.1) is 12.4 Å². The first-order valence-electron chi connectivity index (χ1n) is 6.68. The molecule has 2 aromatic rings. The van der Waals surface area contributed by atoms with Crippen LogP contribution >= 0.6 is 12.4 Å². The van der Waals surface area contributed by atoms with E-state index in [1.54, 1.807) is 24.4 Å². The normalized spacial score (nSPS) is 17.6. The molecule has 0 unspecified atom stereocenters. The number of nitrogens with zero attached hydrogens (tertiary/aromatic N) is 2. The van der Waals surface area contributed by atoms with E-state index in [0.717, 1.165) is 5.39 Å². The Morgan fingerprint density at radius 2 is 1.81 bits per heavy atom. The highest BCUT2D eigenvalue weighted by Gasteiger charge is 2.29. The zero-order valence-electron chi connectivity index (χ0n) is 11.5. The van der Waals surface area contributed by atoms with Gasteiger partial charge in [-0.25, -0.2) is 8.42 Å². The van der Waals surface area contributed by atoms with Crippen molar-refractivity contribution in [3.05, 3.63) is 36.5 Å². The molecular weight excluding hydrogens is 310 g/mol. The second-order valence-electron chi connectivity index (χ2n) is 5.07. The molecule has 3 rings (SSSR count). The lowest BCUT2D eigenvalue weighted by Gasteiger charge is -2.29. The maximum Gasteiger partial charge on any atom is 0.245 e. The van der Waals surface area contributed by atoms with E-state index < -0.39 is 10.0 Å². The number of aromatic nitrogens is 1. The molecule has 1 aromatic carbocycles. The molecular formula is C14H18ClN3O2S. The number of para-hydroxylation sites is 1. The van der Waals surface area contributed by atoms with E-state index in [-0.39, 0.29) is 23.3 Å². The Morgan fingerprint density at radius 1 is 1.14 bits per heavy atom. The molecule has 114 valence electrons. The average Bonchev–Trinajstić information content (AvgIpc) is 2.47. The Labute approximate surface area is 130 Å². The number of nitrogens with two attached hydrogens (primary N) is 1. The van der Waals surface area contributed by atoms with Gasteiger partial charge in [0.25, 0.3) is 0 Å². The molecule has 0 amide bonds. The first-order chi connectivity index (χ1) is 9.59. The monoisotopic (exact) mass is 327 g/mol. The first kappa shape index (κ1) is 16.2. The van der Waals surface area contributed by atoms with Gasteiger partial charge in [0.05, 0.1) is 5.52 Å². The first-order valence-corrected chi connectivity index (χ1v) is 8.12. The maximum atomic E-state index is 12.8. The summed E-state index contributed by atoms with van der Waals surface area (Å²) in [4.78, 5) is 4.51. The fourth-order valence-electron chi connectivity index (χ4n) is 2.54. The molecule has 1 aromatic heterocycles. The Kier molecular flexibility index (Phi) is 4.83. The number of sulfonamides is 1. The lowest BCUT2D eigenvalue weighted by Crippen LogP contribution is -2.42. The number of hydrogen-bond acceptors (Lipinski definition) is 4. The summed E-state index contributed by atoms with van der Waals surface area (Å²) in [6, 6.07) is 9.03. The molecule has 21 heavy (non-hydrogen) atoms. The van der Waals surface area contributed by atoms with E-state index in [0.29, 0.717) is 31.4 Å². The summed E-state index contributed by atoms with van der Waals surface area (Å²) in [6.45, 7) is 0.958. The minimum Gasteiger partial charge on any atom is -0.328 e. The standard InChI is InChI=1S/C14H17N3O2S.ClH/c15-12-6-9-17(10-7-12)20(18,19)13-5-1-3-11-4-2-8-16-14(11)13;/h1-5,8,12H,6-7,9-10,15H2;1H. The second-order valence-corrected chi connectivity index (χ2v) is 6.98. The highest BCUT2D eigenvalue weighted by Crippen LogP contribution is 2.25. The molecule has 2 heterocycles. The molecule has 2 N–H and O–H groups in total. The molecule has 7 heteroatoms. The summed E-state index contributed by atoms with van der Waals surface area (Å²) in [5.41, 5.74) is 6.37. The molecule has 1 saturated heterocycles. The summed E-state index contributed by atoms with van der Waals surface area (Å²) < 4.78 is 27.0. The molecule has 0 radical (unpaired) electrons. The molecule has 1 aliphatic heterocycles.